The van der Waals surface area contributed by atoms with E-state index in [-0.39, 0.29) is 11.5 Å². The van der Waals surface area contributed by atoms with E-state index >= 15 is 0 Å². The van der Waals surface area contributed by atoms with E-state index < -0.39 is 0 Å². The van der Waals surface area contributed by atoms with Gasteiger partial charge in [0.15, 0.2) is 6.29 Å². The largest absolute Gasteiger partial charge is 0.378 e. The summed E-state index contributed by atoms with van der Waals surface area (Å²) in [5.41, 5.74) is 4.17. The van der Waals surface area contributed by atoms with E-state index in [9.17, 15) is 14.4 Å². The Balaban J connectivity index is 1.14. The number of aromatic nitrogens is 3. The van der Waals surface area contributed by atoms with Gasteiger partial charge in [0.2, 0.25) is 0 Å². The minimum absolute atomic E-state index is 0.128. The number of ether oxygens (including phenoxy) is 1. The van der Waals surface area contributed by atoms with E-state index in [1.807, 2.05) is 30.4 Å². The highest BCUT2D eigenvalue weighted by molar-refractivity contribution is 8.04. The number of rotatable bonds is 7. The molecule has 0 saturated carbocycles. The number of thioether (sulfide) groups is 1. The molecule has 7 heterocycles. The number of hydrogen-bond acceptors (Lipinski definition) is 11. The van der Waals surface area contributed by atoms with Crippen LogP contribution in [0.4, 0.5) is 22.9 Å². The Morgan fingerprint density at radius 2 is 1.84 bits per heavy atom. The Morgan fingerprint density at radius 1 is 1.02 bits per heavy atom. The number of carbonyl (C=O) groups is 2. The second-order valence-electron chi connectivity index (χ2n) is 13.4. The molecule has 2 saturated heterocycles. The van der Waals surface area contributed by atoms with Gasteiger partial charge in [-0.25, -0.2) is 15.0 Å². The summed E-state index contributed by atoms with van der Waals surface area (Å²) in [5, 5.41) is 6.99. The number of anilines is 4. The first-order chi connectivity index (χ1) is 23.8. The second-order valence-corrected chi connectivity index (χ2v) is 14.9. The first-order valence-electron chi connectivity index (χ1n) is 17.2. The maximum Gasteiger partial charge on any atom is 0.279 e. The van der Waals surface area contributed by atoms with Gasteiger partial charge < -0.3 is 19.5 Å². The summed E-state index contributed by atoms with van der Waals surface area (Å²) in [5.74, 6) is 0.411. The van der Waals surface area contributed by atoms with Gasteiger partial charge in [-0.2, -0.15) is 0 Å². The predicted octanol–water partition coefficient (Wildman–Crippen LogP) is 4.45. The number of hydrogen-bond donors (Lipinski definition) is 1. The number of amides is 1. The summed E-state index contributed by atoms with van der Waals surface area (Å²) in [6.07, 6.45) is 12.8. The normalized spacial score (nSPS) is 21.4. The minimum Gasteiger partial charge on any atom is -0.378 e. The molecule has 3 aromatic heterocycles. The van der Waals surface area contributed by atoms with Gasteiger partial charge in [0.25, 0.3) is 11.5 Å². The van der Waals surface area contributed by atoms with Crippen LogP contribution in [-0.4, -0.2) is 101 Å². The molecule has 1 N–H and O–H groups in total. The molecule has 13 heteroatoms. The summed E-state index contributed by atoms with van der Waals surface area (Å²) in [4.78, 5) is 54.9. The average Bonchev–Trinajstić information content (AvgIpc) is 3.16. The predicted molar refractivity (Wildman–Crippen MR) is 193 cm³/mol. The summed E-state index contributed by atoms with van der Waals surface area (Å²) in [7, 11) is 3.55. The van der Waals surface area contributed by atoms with Gasteiger partial charge in [0, 0.05) is 75.6 Å². The van der Waals surface area contributed by atoms with Crippen molar-refractivity contribution in [2.75, 3.05) is 68.2 Å². The number of hydrazine groups is 1. The highest BCUT2D eigenvalue weighted by Crippen LogP contribution is 2.39. The molecular weight excluding hydrogens is 641 g/mol. The molecule has 0 radical (unpaired) electrons. The van der Waals surface area contributed by atoms with Crippen molar-refractivity contribution in [2.45, 2.75) is 50.3 Å². The summed E-state index contributed by atoms with van der Waals surface area (Å²) >= 11 is 1.65. The lowest BCUT2D eigenvalue weighted by Crippen LogP contribution is -2.56. The highest BCUT2D eigenvalue weighted by Gasteiger charge is 2.35. The standard InChI is InChI=1S/C36H44N8O4S/c1-24-7-5-4-6-8-25-20-41(3)44(36(47)34(25)49-24)32-18-37-17-29(30(32)21-45)26-15-31(35(46)40(2)19-26)39-33-10-9-27(16-38-33)42-11-13-43(14-12-42)28-22-48-23-28/h9-10,15-19,21,24,28H,4-8,11-14,20,22-23H2,1-3H3,(H,38,39). The van der Waals surface area contributed by atoms with Gasteiger partial charge in [0.05, 0.1) is 53.5 Å². The molecule has 12 nitrogen and oxygen atoms in total. The van der Waals surface area contributed by atoms with Gasteiger partial charge in [-0.3, -0.25) is 24.3 Å². The zero-order valence-corrected chi connectivity index (χ0v) is 29.2. The molecule has 0 aliphatic carbocycles. The Hall–Kier alpha value is -4.04. The van der Waals surface area contributed by atoms with Crippen molar-refractivity contribution >= 4 is 46.8 Å². The fourth-order valence-corrected chi connectivity index (χ4v) is 8.35. The van der Waals surface area contributed by atoms with Gasteiger partial charge >= 0.3 is 0 Å². The van der Waals surface area contributed by atoms with Crippen LogP contribution in [0.1, 0.15) is 49.4 Å². The molecule has 4 aliphatic heterocycles. The van der Waals surface area contributed by atoms with E-state index in [1.54, 1.807) is 48.5 Å². The van der Waals surface area contributed by atoms with E-state index in [0.29, 0.717) is 51.7 Å². The van der Waals surface area contributed by atoms with Crippen LogP contribution in [0.3, 0.4) is 0 Å². The molecule has 3 aromatic rings. The zero-order valence-electron chi connectivity index (χ0n) is 28.4. The van der Waals surface area contributed by atoms with Crippen LogP contribution < -0.4 is 20.8 Å². The maximum absolute atomic E-state index is 14.1. The summed E-state index contributed by atoms with van der Waals surface area (Å²) < 4.78 is 6.83. The quantitative estimate of drug-likeness (QED) is 0.356. The van der Waals surface area contributed by atoms with Crippen LogP contribution in [0.2, 0.25) is 0 Å². The molecule has 49 heavy (non-hydrogen) atoms. The number of nitrogens with one attached hydrogen (secondary N) is 1. The summed E-state index contributed by atoms with van der Waals surface area (Å²) in [6, 6.07) is 6.16. The van der Waals surface area contributed by atoms with Crippen molar-refractivity contribution in [1.29, 1.82) is 0 Å². The minimum atomic E-state index is -0.237. The average molecular weight is 685 g/mol. The van der Waals surface area contributed by atoms with Gasteiger partial charge in [-0.15, -0.1) is 11.8 Å². The number of likely N-dealkylation sites (N-methyl/N-ethyl adjacent to an activating group) is 1. The lowest BCUT2D eigenvalue weighted by atomic mass is 10.0. The van der Waals surface area contributed by atoms with Gasteiger partial charge in [0.1, 0.15) is 11.5 Å². The Labute approximate surface area is 291 Å². The first kappa shape index (κ1) is 33.5. The molecular formula is C36H44N8O4S. The number of carbonyl (C=O) groups excluding carboxylic acids is 2. The molecule has 1 atom stereocenters. The zero-order chi connectivity index (χ0) is 34.1. The second kappa shape index (κ2) is 14.4. The van der Waals surface area contributed by atoms with Crippen molar-refractivity contribution in [1.82, 2.24) is 24.4 Å². The third-order valence-corrected chi connectivity index (χ3v) is 11.3. The molecule has 1 amide bonds. The number of aldehydes is 1. The molecule has 0 spiro atoms. The molecule has 258 valence electrons. The number of nitrogens with zero attached hydrogens (tertiary/aromatic N) is 7. The summed E-state index contributed by atoms with van der Waals surface area (Å²) in [6.45, 7) is 8.28. The van der Waals surface area contributed by atoms with Crippen LogP contribution >= 0.6 is 11.8 Å². The Kier molecular flexibility index (Phi) is 9.86. The first-order valence-corrected chi connectivity index (χ1v) is 18.1. The lowest BCUT2D eigenvalue weighted by Gasteiger charge is -2.43. The maximum atomic E-state index is 14.1. The molecule has 2 fully saturated rings. The van der Waals surface area contributed by atoms with Crippen LogP contribution in [-0.2, 0) is 16.6 Å². The van der Waals surface area contributed by atoms with Gasteiger partial charge in [-0.05, 0) is 43.0 Å². The highest BCUT2D eigenvalue weighted by atomic mass is 32.2. The SMILES string of the molecule is CC1CCCCCC2=C(S1)C(=O)N(c1cncc(-c3cc(Nc4ccc(N5CCN(C6COC6)CC5)cn4)c(=O)n(C)c3)c1C=O)N(C)C2. The molecule has 1 unspecified atom stereocenters. The van der Waals surface area contributed by atoms with E-state index in [4.69, 9.17) is 4.74 Å². The fraction of sp³-hybridized carbons (Fsp3) is 0.472. The number of aryl methyl sites for hydroxylation is 1. The third-order valence-electron chi connectivity index (χ3n) is 10.0. The Morgan fingerprint density at radius 3 is 2.55 bits per heavy atom. The van der Waals surface area contributed by atoms with Crippen LogP contribution in [0.5, 0.6) is 0 Å². The van der Waals surface area contributed by atoms with E-state index in [1.165, 1.54) is 4.57 Å². The van der Waals surface area contributed by atoms with Crippen molar-refractivity contribution in [2.24, 2.45) is 7.05 Å². The van der Waals surface area contributed by atoms with Crippen molar-refractivity contribution in [3.8, 4) is 11.1 Å². The van der Waals surface area contributed by atoms with E-state index in [2.05, 4.69) is 32.0 Å². The van der Waals surface area contributed by atoms with Crippen molar-refractivity contribution < 1.29 is 14.3 Å². The molecule has 0 bridgehead atoms. The molecule has 0 aromatic carbocycles. The molecule has 7 rings (SSSR count). The van der Waals surface area contributed by atoms with E-state index in [0.717, 1.165) is 93.9 Å². The van der Waals surface area contributed by atoms with Crippen LogP contribution in [0, 0.1) is 0 Å². The fourth-order valence-electron chi connectivity index (χ4n) is 7.14. The number of pyridine rings is 3. The van der Waals surface area contributed by atoms with Gasteiger partial charge in [-0.1, -0.05) is 19.8 Å². The Bertz CT molecular complexity index is 1800. The smallest absolute Gasteiger partial charge is 0.279 e. The topological polar surface area (TPSA) is 116 Å². The molecule has 4 aliphatic rings. The van der Waals surface area contributed by atoms with Crippen LogP contribution in [0.15, 0.2) is 58.3 Å². The van der Waals surface area contributed by atoms with Crippen LogP contribution in [0.25, 0.3) is 11.1 Å². The number of piperazine rings is 1. The monoisotopic (exact) mass is 684 g/mol. The third kappa shape index (κ3) is 6.89. The van der Waals surface area contributed by atoms with Crippen molar-refractivity contribution in [3.05, 3.63) is 69.4 Å². The van der Waals surface area contributed by atoms with Crippen molar-refractivity contribution in [3.63, 3.8) is 0 Å². The lowest BCUT2D eigenvalue weighted by molar-refractivity contribution is -0.117.